The number of rotatable bonds is 6. The van der Waals surface area contributed by atoms with Crippen molar-refractivity contribution in [1.82, 2.24) is 16.0 Å². The maximum absolute atomic E-state index is 11.8. The molecule has 0 aromatic carbocycles. The molecule has 0 aliphatic heterocycles. The summed E-state index contributed by atoms with van der Waals surface area (Å²) in [6, 6.07) is 2.22. The average molecular weight is 304 g/mol. The van der Waals surface area contributed by atoms with Gasteiger partial charge in [-0.1, -0.05) is 12.2 Å². The second-order valence-electron chi connectivity index (χ2n) is 5.33. The van der Waals surface area contributed by atoms with Gasteiger partial charge in [-0.15, -0.1) is 0 Å². The van der Waals surface area contributed by atoms with E-state index in [0.717, 1.165) is 37.3 Å². The molecule has 0 atom stereocenters. The van der Waals surface area contributed by atoms with Gasteiger partial charge in [0.25, 0.3) is 5.91 Å². The number of carbonyl (C=O) groups is 1. The number of aryl methyl sites for hydroxylation is 1. The van der Waals surface area contributed by atoms with Crippen LogP contribution in [0.4, 0.5) is 0 Å². The number of nitrogens with one attached hydrogen (secondary N) is 3. The maximum atomic E-state index is 11.8. The van der Waals surface area contributed by atoms with Gasteiger partial charge in [0, 0.05) is 31.7 Å². The van der Waals surface area contributed by atoms with E-state index in [9.17, 15) is 4.79 Å². The molecule has 22 heavy (non-hydrogen) atoms. The van der Waals surface area contributed by atoms with Gasteiger partial charge in [-0.25, -0.2) is 0 Å². The molecule has 0 fully saturated rings. The molecule has 0 bridgehead atoms. The normalized spacial score (nSPS) is 15.1. The van der Waals surface area contributed by atoms with Crippen LogP contribution in [-0.4, -0.2) is 38.0 Å². The van der Waals surface area contributed by atoms with Crippen molar-refractivity contribution in [2.75, 3.05) is 20.1 Å². The molecule has 1 amide bonds. The molecule has 3 N–H and O–H groups in total. The lowest BCUT2D eigenvalue weighted by atomic mass is 10.2. The van der Waals surface area contributed by atoms with Crippen LogP contribution in [0.5, 0.6) is 0 Å². The molecule has 0 unspecified atom stereocenters. The minimum Gasteiger partial charge on any atom is -0.459 e. The highest BCUT2D eigenvalue weighted by molar-refractivity contribution is 5.92. The molecule has 0 spiro atoms. The van der Waals surface area contributed by atoms with Crippen molar-refractivity contribution in [3.63, 3.8) is 0 Å². The maximum Gasteiger partial charge on any atom is 0.287 e. The van der Waals surface area contributed by atoms with Crippen LogP contribution in [0, 0.1) is 6.92 Å². The Kier molecular flexibility index (Phi) is 6.06. The Morgan fingerprint density at radius 3 is 2.68 bits per heavy atom. The van der Waals surface area contributed by atoms with Gasteiger partial charge in [-0.05, 0) is 32.3 Å². The van der Waals surface area contributed by atoms with Gasteiger partial charge >= 0.3 is 0 Å². The summed E-state index contributed by atoms with van der Waals surface area (Å²) in [5.41, 5.74) is 0.852. The molecular weight excluding hydrogens is 280 g/mol. The number of hydrogen-bond donors (Lipinski definition) is 3. The first-order chi connectivity index (χ1) is 10.7. The van der Waals surface area contributed by atoms with E-state index >= 15 is 0 Å². The minimum atomic E-state index is -0.165. The van der Waals surface area contributed by atoms with E-state index in [-0.39, 0.29) is 5.91 Å². The molecular formula is C16H24N4O2. The van der Waals surface area contributed by atoms with E-state index in [2.05, 4.69) is 33.1 Å². The van der Waals surface area contributed by atoms with Crippen molar-refractivity contribution in [2.45, 2.75) is 32.2 Å². The SMILES string of the molecule is CN=C(NCCCNC(=O)c1occc1C)NC1CC=CC1. The van der Waals surface area contributed by atoms with Crippen molar-refractivity contribution in [3.8, 4) is 0 Å². The third-order valence-corrected chi connectivity index (χ3v) is 3.57. The second kappa shape index (κ2) is 8.26. The molecule has 6 heteroatoms. The number of guanidine groups is 1. The quantitative estimate of drug-likeness (QED) is 0.323. The topological polar surface area (TPSA) is 78.7 Å². The van der Waals surface area contributed by atoms with Crippen molar-refractivity contribution >= 4 is 11.9 Å². The summed E-state index contributed by atoms with van der Waals surface area (Å²) in [5.74, 6) is 1.03. The average Bonchev–Trinajstić information content (AvgIpc) is 3.16. The first-order valence-corrected chi connectivity index (χ1v) is 7.65. The summed E-state index contributed by atoms with van der Waals surface area (Å²) < 4.78 is 5.15. The Labute approximate surface area is 131 Å². The highest BCUT2D eigenvalue weighted by Crippen LogP contribution is 2.09. The summed E-state index contributed by atoms with van der Waals surface area (Å²) in [6.45, 7) is 3.19. The summed E-state index contributed by atoms with van der Waals surface area (Å²) in [7, 11) is 1.76. The van der Waals surface area contributed by atoms with Crippen LogP contribution >= 0.6 is 0 Å². The highest BCUT2D eigenvalue weighted by Gasteiger charge is 2.12. The van der Waals surface area contributed by atoms with Crippen molar-refractivity contribution in [3.05, 3.63) is 35.8 Å². The molecule has 0 radical (unpaired) electrons. The van der Waals surface area contributed by atoms with Crippen LogP contribution in [0.25, 0.3) is 0 Å². The monoisotopic (exact) mass is 304 g/mol. The zero-order chi connectivity index (χ0) is 15.8. The van der Waals surface area contributed by atoms with Crippen molar-refractivity contribution < 1.29 is 9.21 Å². The number of hydrogen-bond acceptors (Lipinski definition) is 3. The van der Waals surface area contributed by atoms with Gasteiger partial charge in [0.1, 0.15) is 0 Å². The third kappa shape index (κ3) is 4.65. The zero-order valence-electron chi connectivity index (χ0n) is 13.2. The van der Waals surface area contributed by atoms with E-state index in [0.29, 0.717) is 18.3 Å². The number of amides is 1. The van der Waals surface area contributed by atoms with Crippen LogP contribution in [0.3, 0.4) is 0 Å². The molecule has 0 saturated heterocycles. The molecule has 1 aromatic rings. The van der Waals surface area contributed by atoms with E-state index < -0.39 is 0 Å². The number of carbonyl (C=O) groups excluding carboxylic acids is 1. The predicted octanol–water partition coefficient (Wildman–Crippen LogP) is 1.59. The lowest BCUT2D eigenvalue weighted by Gasteiger charge is -2.16. The van der Waals surface area contributed by atoms with Crippen molar-refractivity contribution in [1.29, 1.82) is 0 Å². The van der Waals surface area contributed by atoms with E-state index in [4.69, 9.17) is 4.42 Å². The Bertz CT molecular complexity index is 540. The second-order valence-corrected chi connectivity index (χ2v) is 5.33. The largest absolute Gasteiger partial charge is 0.459 e. The first-order valence-electron chi connectivity index (χ1n) is 7.65. The number of nitrogens with zero attached hydrogens (tertiary/aromatic N) is 1. The van der Waals surface area contributed by atoms with Gasteiger partial charge in [0.2, 0.25) is 0 Å². The van der Waals surface area contributed by atoms with Gasteiger partial charge in [-0.3, -0.25) is 9.79 Å². The molecule has 120 valence electrons. The first kappa shape index (κ1) is 16.1. The lowest BCUT2D eigenvalue weighted by molar-refractivity contribution is 0.0925. The summed E-state index contributed by atoms with van der Waals surface area (Å²) >= 11 is 0. The smallest absolute Gasteiger partial charge is 0.287 e. The molecule has 1 aliphatic rings. The van der Waals surface area contributed by atoms with Crippen LogP contribution in [0.1, 0.15) is 35.4 Å². The van der Waals surface area contributed by atoms with Crippen molar-refractivity contribution in [2.24, 2.45) is 4.99 Å². The van der Waals surface area contributed by atoms with Gasteiger partial charge in [0.15, 0.2) is 11.7 Å². The Hall–Kier alpha value is -2.24. The Morgan fingerprint density at radius 1 is 1.32 bits per heavy atom. The van der Waals surface area contributed by atoms with Gasteiger partial charge < -0.3 is 20.4 Å². The third-order valence-electron chi connectivity index (χ3n) is 3.57. The predicted molar refractivity (Wildman–Crippen MR) is 87.1 cm³/mol. The van der Waals surface area contributed by atoms with Crippen LogP contribution in [0.15, 0.2) is 33.9 Å². The minimum absolute atomic E-state index is 0.165. The summed E-state index contributed by atoms with van der Waals surface area (Å²) in [5, 5.41) is 9.47. The fourth-order valence-corrected chi connectivity index (χ4v) is 2.31. The summed E-state index contributed by atoms with van der Waals surface area (Å²) in [6.07, 6.45) is 8.78. The molecule has 1 heterocycles. The molecule has 0 saturated carbocycles. The summed E-state index contributed by atoms with van der Waals surface area (Å²) in [4.78, 5) is 16.0. The van der Waals surface area contributed by atoms with Crippen LogP contribution in [-0.2, 0) is 0 Å². The Morgan fingerprint density at radius 2 is 2.05 bits per heavy atom. The number of aliphatic imine (C=N–C) groups is 1. The lowest BCUT2D eigenvalue weighted by Crippen LogP contribution is -2.43. The molecule has 6 nitrogen and oxygen atoms in total. The van der Waals surface area contributed by atoms with Gasteiger partial charge in [0.05, 0.1) is 6.26 Å². The molecule has 1 aliphatic carbocycles. The van der Waals surface area contributed by atoms with E-state index in [1.807, 2.05) is 6.92 Å². The molecule has 1 aromatic heterocycles. The Balaban J connectivity index is 1.60. The standard InChI is InChI=1S/C16H24N4O2/c1-12-8-11-22-14(12)15(21)18-9-5-10-19-16(17-2)20-13-6-3-4-7-13/h3-4,8,11,13H,5-7,9-10H2,1-2H3,(H,18,21)(H2,17,19,20). The van der Waals surface area contributed by atoms with E-state index in [1.165, 1.54) is 6.26 Å². The van der Waals surface area contributed by atoms with Gasteiger partial charge in [-0.2, -0.15) is 0 Å². The fraction of sp³-hybridized carbons (Fsp3) is 0.500. The fourth-order valence-electron chi connectivity index (χ4n) is 2.31. The zero-order valence-corrected chi connectivity index (χ0v) is 13.2. The number of furan rings is 1. The van der Waals surface area contributed by atoms with Crippen LogP contribution < -0.4 is 16.0 Å². The highest BCUT2D eigenvalue weighted by atomic mass is 16.3. The molecule has 2 rings (SSSR count). The van der Waals surface area contributed by atoms with Crippen LogP contribution in [0.2, 0.25) is 0 Å². The van der Waals surface area contributed by atoms with E-state index in [1.54, 1.807) is 13.1 Å².